The molecule has 0 aromatic rings. The van der Waals surface area contributed by atoms with Crippen LogP contribution in [-0.4, -0.2) is 12.0 Å². The van der Waals surface area contributed by atoms with Gasteiger partial charge in [0.2, 0.25) is 0 Å². The van der Waals surface area contributed by atoms with Gasteiger partial charge in [0.05, 0.1) is 0 Å². The second kappa shape index (κ2) is 7.02. The average molecular weight is 175 g/mol. The van der Waals surface area contributed by atoms with Crippen molar-refractivity contribution in [1.29, 1.82) is 0 Å². The fourth-order valence-corrected chi connectivity index (χ4v) is 0.934. The van der Waals surface area contributed by atoms with Gasteiger partial charge in [-0.25, -0.2) is 11.7 Å². The first-order chi connectivity index (χ1) is 5.76. The van der Waals surface area contributed by atoms with Gasteiger partial charge in [0.1, 0.15) is 0 Å². The van der Waals surface area contributed by atoms with Crippen molar-refractivity contribution in [3.8, 4) is 0 Å². The molecule has 0 aliphatic rings. The molecule has 5 heteroatoms. The summed E-state index contributed by atoms with van der Waals surface area (Å²) in [6.07, 6.45) is 3.10. The molecule has 1 amide bonds. The van der Waals surface area contributed by atoms with E-state index in [4.69, 9.17) is 11.7 Å². The van der Waals surface area contributed by atoms with Crippen LogP contribution >= 0.6 is 0 Å². The van der Waals surface area contributed by atoms with E-state index in [9.17, 15) is 4.79 Å². The lowest BCUT2D eigenvalue weighted by Gasteiger charge is -2.11. The van der Waals surface area contributed by atoms with Crippen LogP contribution in [0.15, 0.2) is 0 Å². The molecule has 0 radical (unpaired) electrons. The molecule has 5 nitrogen and oxygen atoms in total. The van der Waals surface area contributed by atoms with Gasteiger partial charge in [0.25, 0.3) is 5.91 Å². The predicted molar refractivity (Wildman–Crippen MR) is 45.5 cm³/mol. The van der Waals surface area contributed by atoms with Crippen LogP contribution in [0, 0.1) is 0 Å². The molecule has 0 saturated heterocycles. The molecule has 0 aliphatic carbocycles. The van der Waals surface area contributed by atoms with Crippen molar-refractivity contribution in [1.82, 2.24) is 5.43 Å². The highest BCUT2D eigenvalue weighted by Gasteiger charge is 2.15. The predicted octanol–water partition coefficient (Wildman–Crippen LogP) is -0.184. The van der Waals surface area contributed by atoms with Crippen LogP contribution in [0.25, 0.3) is 0 Å². The minimum absolute atomic E-state index is 0.367. The molecule has 0 bridgehead atoms. The summed E-state index contributed by atoms with van der Waals surface area (Å²) in [4.78, 5) is 15.4. The Morgan fingerprint density at radius 1 is 1.58 bits per heavy atom. The van der Waals surface area contributed by atoms with E-state index in [0.717, 1.165) is 19.3 Å². The van der Waals surface area contributed by atoms with Crippen LogP contribution in [0.5, 0.6) is 0 Å². The first-order valence-electron chi connectivity index (χ1n) is 4.12. The standard InChI is InChI=1S/C7H17N3O2/c1-2-3-4-5-6(12-9)7(11)10-8/h6H,2-5,8-9H2,1H3,(H,10,11). The van der Waals surface area contributed by atoms with Gasteiger partial charge in [-0.3, -0.25) is 15.1 Å². The lowest BCUT2D eigenvalue weighted by atomic mass is 10.1. The number of rotatable bonds is 6. The number of carbonyl (C=O) groups excluding carboxylic acids is 1. The summed E-state index contributed by atoms with van der Waals surface area (Å²) >= 11 is 0. The van der Waals surface area contributed by atoms with Crippen LogP contribution in [0.3, 0.4) is 0 Å². The molecule has 5 N–H and O–H groups in total. The Hall–Kier alpha value is -0.650. The second-order valence-corrected chi connectivity index (χ2v) is 2.63. The molecule has 0 rings (SSSR count). The third kappa shape index (κ3) is 4.27. The summed E-state index contributed by atoms with van der Waals surface area (Å²) in [5.41, 5.74) is 2.00. The number of nitrogens with one attached hydrogen (secondary N) is 1. The molecule has 12 heavy (non-hydrogen) atoms. The van der Waals surface area contributed by atoms with Crippen LogP contribution < -0.4 is 17.2 Å². The van der Waals surface area contributed by atoms with Gasteiger partial charge < -0.3 is 0 Å². The van der Waals surface area contributed by atoms with Crippen molar-refractivity contribution >= 4 is 5.91 Å². The largest absolute Gasteiger partial charge is 0.292 e. The van der Waals surface area contributed by atoms with Crippen molar-refractivity contribution in [2.24, 2.45) is 11.7 Å². The minimum atomic E-state index is -0.610. The van der Waals surface area contributed by atoms with E-state index in [2.05, 4.69) is 11.8 Å². The van der Waals surface area contributed by atoms with E-state index in [1.54, 1.807) is 0 Å². The lowest BCUT2D eigenvalue weighted by molar-refractivity contribution is -0.133. The van der Waals surface area contributed by atoms with E-state index in [0.29, 0.717) is 6.42 Å². The zero-order valence-electron chi connectivity index (χ0n) is 7.38. The SMILES string of the molecule is CCCCCC(ON)C(=O)NN. The van der Waals surface area contributed by atoms with Gasteiger partial charge in [-0.15, -0.1) is 0 Å². The third-order valence-electron chi connectivity index (χ3n) is 1.67. The molecule has 72 valence electrons. The van der Waals surface area contributed by atoms with Crippen LogP contribution in [0.1, 0.15) is 32.6 Å². The summed E-state index contributed by atoms with van der Waals surface area (Å²) in [6, 6.07) is 0. The summed E-state index contributed by atoms with van der Waals surface area (Å²) in [6.45, 7) is 2.08. The first kappa shape index (κ1) is 11.4. The van der Waals surface area contributed by atoms with E-state index in [1.165, 1.54) is 0 Å². The Labute approximate surface area is 72.4 Å². The monoisotopic (exact) mass is 175 g/mol. The molecule has 0 aromatic carbocycles. The molecule has 0 spiro atoms. The molecule has 1 atom stereocenters. The lowest BCUT2D eigenvalue weighted by Crippen LogP contribution is -2.41. The van der Waals surface area contributed by atoms with E-state index in [-0.39, 0.29) is 5.91 Å². The average Bonchev–Trinajstić information content (AvgIpc) is 2.11. The normalized spacial score (nSPS) is 12.6. The molecule has 0 fully saturated rings. The Kier molecular flexibility index (Phi) is 6.64. The maximum atomic E-state index is 10.9. The molecular weight excluding hydrogens is 158 g/mol. The maximum absolute atomic E-state index is 10.9. The zero-order chi connectivity index (χ0) is 9.40. The molecule has 0 saturated carbocycles. The molecule has 0 heterocycles. The minimum Gasteiger partial charge on any atom is -0.292 e. The Bertz CT molecular complexity index is 130. The number of nitrogens with two attached hydrogens (primary N) is 2. The van der Waals surface area contributed by atoms with Gasteiger partial charge in [0.15, 0.2) is 6.10 Å². The van der Waals surface area contributed by atoms with Gasteiger partial charge in [0, 0.05) is 0 Å². The van der Waals surface area contributed by atoms with Crippen LogP contribution in [0.4, 0.5) is 0 Å². The van der Waals surface area contributed by atoms with Gasteiger partial charge in [-0.2, -0.15) is 0 Å². The van der Waals surface area contributed by atoms with E-state index < -0.39 is 6.10 Å². The third-order valence-corrected chi connectivity index (χ3v) is 1.67. The fourth-order valence-electron chi connectivity index (χ4n) is 0.934. The molecule has 1 unspecified atom stereocenters. The smallest absolute Gasteiger partial charge is 0.265 e. The highest BCUT2D eigenvalue weighted by atomic mass is 16.6. The van der Waals surface area contributed by atoms with Gasteiger partial charge in [-0.05, 0) is 6.42 Å². The topological polar surface area (TPSA) is 90.4 Å². The van der Waals surface area contributed by atoms with Gasteiger partial charge in [-0.1, -0.05) is 26.2 Å². The first-order valence-corrected chi connectivity index (χ1v) is 4.12. The quantitative estimate of drug-likeness (QED) is 0.226. The number of amides is 1. The van der Waals surface area contributed by atoms with Crippen LogP contribution in [0.2, 0.25) is 0 Å². The Morgan fingerprint density at radius 3 is 2.67 bits per heavy atom. The Balaban J connectivity index is 3.60. The molecule has 0 aromatic heterocycles. The van der Waals surface area contributed by atoms with Crippen molar-refractivity contribution < 1.29 is 9.63 Å². The van der Waals surface area contributed by atoms with Crippen molar-refractivity contribution in [3.63, 3.8) is 0 Å². The van der Waals surface area contributed by atoms with Crippen molar-refractivity contribution in [3.05, 3.63) is 0 Å². The Morgan fingerprint density at radius 2 is 2.25 bits per heavy atom. The van der Waals surface area contributed by atoms with Gasteiger partial charge >= 0.3 is 0 Å². The van der Waals surface area contributed by atoms with Crippen molar-refractivity contribution in [2.75, 3.05) is 0 Å². The highest BCUT2D eigenvalue weighted by Crippen LogP contribution is 2.04. The number of carbonyl (C=O) groups is 1. The maximum Gasteiger partial charge on any atom is 0.265 e. The summed E-state index contributed by atoms with van der Waals surface area (Å²) in [5.74, 6) is 9.47. The summed E-state index contributed by atoms with van der Waals surface area (Å²) in [5, 5.41) is 0. The second-order valence-electron chi connectivity index (χ2n) is 2.63. The zero-order valence-corrected chi connectivity index (χ0v) is 7.38. The number of hydrogen-bond donors (Lipinski definition) is 3. The summed E-state index contributed by atoms with van der Waals surface area (Å²) < 4.78 is 0. The highest BCUT2D eigenvalue weighted by molar-refractivity contribution is 5.79. The molecular formula is C7H17N3O2. The van der Waals surface area contributed by atoms with E-state index >= 15 is 0 Å². The number of hydrazine groups is 1. The molecule has 0 aliphatic heterocycles. The fraction of sp³-hybridized carbons (Fsp3) is 0.857. The van der Waals surface area contributed by atoms with Crippen LogP contribution in [-0.2, 0) is 9.63 Å². The number of hydrogen-bond acceptors (Lipinski definition) is 4. The summed E-state index contributed by atoms with van der Waals surface area (Å²) in [7, 11) is 0. The number of unbranched alkanes of at least 4 members (excludes halogenated alkanes) is 2. The van der Waals surface area contributed by atoms with E-state index in [1.807, 2.05) is 5.43 Å². The van der Waals surface area contributed by atoms with Crippen molar-refractivity contribution in [2.45, 2.75) is 38.7 Å².